The molecule has 1 fully saturated rings. The summed E-state index contributed by atoms with van der Waals surface area (Å²) < 4.78 is 228. The average Bonchev–Trinajstić information content (AvgIpc) is 3.68. The molecule has 17 nitrogen and oxygen atoms in total. The average molecular weight is 968 g/mol. The van der Waals surface area contributed by atoms with Gasteiger partial charge in [-0.15, -0.1) is 0 Å². The third-order valence-corrected chi connectivity index (χ3v) is 9.47. The van der Waals surface area contributed by atoms with Crippen LogP contribution in [-0.4, -0.2) is 119 Å². The van der Waals surface area contributed by atoms with Crippen molar-refractivity contribution in [2.24, 2.45) is 0 Å². The zero-order chi connectivity index (χ0) is 47.3. The van der Waals surface area contributed by atoms with E-state index in [1.165, 1.54) is 12.4 Å². The summed E-state index contributed by atoms with van der Waals surface area (Å²) in [4.78, 5) is 29.3. The van der Waals surface area contributed by atoms with Gasteiger partial charge in [0.05, 0.1) is 17.7 Å². The van der Waals surface area contributed by atoms with E-state index in [1.54, 1.807) is 6.20 Å². The minimum Gasteiger partial charge on any atom is -0.356 e. The molecule has 4 N–H and O–H groups in total. The fraction of sp³-hybridized carbons (Fsp3) is 0.500. The molecule has 346 valence electrons. The first kappa shape index (κ1) is 52.7. The van der Waals surface area contributed by atoms with E-state index in [1.807, 2.05) is 23.6 Å². The lowest BCUT2D eigenvalue weighted by atomic mass is 9.95. The number of hydrogen-bond acceptors (Lipinski definition) is 12. The van der Waals surface area contributed by atoms with Crippen molar-refractivity contribution in [2.45, 2.75) is 54.4 Å². The predicted molar refractivity (Wildman–Crippen MR) is 183 cm³/mol. The normalized spacial score (nSPS) is 15.5. The first-order valence-electron chi connectivity index (χ1n) is 15.9. The molecule has 1 amide bonds. The lowest BCUT2D eigenvalue weighted by molar-refractivity contribution is -0.140. The number of halogens is 13. The number of fused-ring (bicyclic) bond motifs is 1. The van der Waals surface area contributed by atoms with Gasteiger partial charge in [0.25, 0.3) is 0 Å². The van der Waals surface area contributed by atoms with Gasteiger partial charge < -0.3 is 19.7 Å². The Labute approximate surface area is 335 Å². The number of nitrogens with one attached hydrogen (secondary N) is 1. The third-order valence-electron chi connectivity index (χ3n) is 7.72. The zero-order valence-electron chi connectivity index (χ0n) is 30.4. The van der Waals surface area contributed by atoms with Crippen LogP contribution in [0.2, 0.25) is 0 Å². The highest BCUT2D eigenvalue weighted by molar-refractivity contribution is 7.87. The molecule has 61 heavy (non-hydrogen) atoms. The molecule has 2 aliphatic rings. The molecule has 0 aliphatic carbocycles. The number of carbonyl (C=O) groups excluding carboxylic acids is 1. The Hall–Kier alpha value is -4.44. The number of rotatable bonds is 6. The Balaban J connectivity index is 0.000000435. The van der Waals surface area contributed by atoms with E-state index < -0.39 is 64.4 Å². The van der Waals surface area contributed by atoms with Crippen LogP contribution in [0.3, 0.4) is 0 Å². The minimum absolute atomic E-state index is 0.0874. The Morgan fingerprint density at radius 2 is 1.28 bits per heavy atom. The van der Waals surface area contributed by atoms with Crippen LogP contribution < -0.4 is 10.2 Å². The fourth-order valence-electron chi connectivity index (χ4n) is 4.92. The number of carbonyl (C=O) groups is 1. The molecule has 33 heteroatoms. The molecule has 0 bridgehead atoms. The number of aromatic nitrogens is 4. The Morgan fingerprint density at radius 1 is 0.803 bits per heavy atom. The third kappa shape index (κ3) is 15.2. The van der Waals surface area contributed by atoms with Crippen LogP contribution in [-0.2, 0) is 54.3 Å². The molecule has 0 unspecified atom stereocenters. The number of imidazole rings is 1. The largest absolute Gasteiger partial charge is 0.522 e. The number of amides is 1. The summed E-state index contributed by atoms with van der Waals surface area (Å²) in [5.41, 5.74) is -16.5. The SMILES string of the molecule is CN(C)CCn1cc(-c2ccc(F)c(C(F)(F)F)c2)nc1C1CCN(c2ncnc3c2CC(=O)N3)CC1.O=S(=O)(O)C(F)(F)F.O=S(=O)(O)C(F)(F)F.O=S(=O)(O)C(F)(F)F. The molecule has 2 aromatic heterocycles. The van der Waals surface area contributed by atoms with Crippen LogP contribution in [0.25, 0.3) is 11.3 Å². The maximum Gasteiger partial charge on any atom is 0.522 e. The summed E-state index contributed by atoms with van der Waals surface area (Å²) >= 11 is 0. The Morgan fingerprint density at radius 3 is 1.70 bits per heavy atom. The van der Waals surface area contributed by atoms with Gasteiger partial charge in [0.2, 0.25) is 5.91 Å². The van der Waals surface area contributed by atoms with Crippen molar-refractivity contribution in [3.8, 4) is 11.3 Å². The van der Waals surface area contributed by atoms with Gasteiger partial charge in [0, 0.05) is 49.4 Å². The van der Waals surface area contributed by atoms with Crippen molar-refractivity contribution in [2.75, 3.05) is 43.9 Å². The van der Waals surface area contributed by atoms with Crippen molar-refractivity contribution in [1.29, 1.82) is 0 Å². The molecule has 0 radical (unpaired) electrons. The second-order valence-electron chi connectivity index (χ2n) is 12.4. The molecule has 1 aromatic carbocycles. The number of alkyl halides is 12. The number of hydrogen-bond donors (Lipinski definition) is 4. The second kappa shape index (κ2) is 19.3. The molecule has 0 spiro atoms. The van der Waals surface area contributed by atoms with Crippen LogP contribution >= 0.6 is 0 Å². The van der Waals surface area contributed by atoms with Crippen LogP contribution in [0.5, 0.6) is 0 Å². The molecular formula is C28H30F13N7O10S3. The van der Waals surface area contributed by atoms with Crippen LogP contribution in [0.15, 0.2) is 30.7 Å². The van der Waals surface area contributed by atoms with Crippen molar-refractivity contribution < 1.29 is 101 Å². The molecular weight excluding hydrogens is 938 g/mol. The monoisotopic (exact) mass is 967 g/mol. The van der Waals surface area contributed by atoms with Gasteiger partial charge in [0.1, 0.15) is 29.6 Å². The lowest BCUT2D eigenvalue weighted by Crippen LogP contribution is -2.35. The van der Waals surface area contributed by atoms with Gasteiger partial charge in [-0.1, -0.05) is 0 Å². The number of benzene rings is 1. The van der Waals surface area contributed by atoms with Gasteiger partial charge in [-0.25, -0.2) is 19.3 Å². The van der Waals surface area contributed by atoms with Crippen molar-refractivity contribution in [3.63, 3.8) is 0 Å². The van der Waals surface area contributed by atoms with Crippen LogP contribution in [0, 0.1) is 5.82 Å². The van der Waals surface area contributed by atoms with E-state index in [2.05, 4.69) is 20.2 Å². The van der Waals surface area contributed by atoms with E-state index >= 15 is 0 Å². The fourth-order valence-corrected chi connectivity index (χ4v) is 4.92. The number of likely N-dealkylation sites (N-methyl/N-ethyl adjacent to an activating group) is 1. The highest BCUT2D eigenvalue weighted by Crippen LogP contribution is 2.37. The first-order chi connectivity index (χ1) is 27.3. The summed E-state index contributed by atoms with van der Waals surface area (Å²) in [6.07, 6.45) is 0.189. The highest BCUT2D eigenvalue weighted by atomic mass is 32.2. The molecule has 0 saturated carbocycles. The summed E-state index contributed by atoms with van der Waals surface area (Å²) in [6, 6.07) is 3.00. The van der Waals surface area contributed by atoms with Crippen molar-refractivity contribution >= 4 is 47.9 Å². The molecule has 3 aromatic rings. The Bertz CT molecular complexity index is 2250. The van der Waals surface area contributed by atoms with E-state index in [0.29, 0.717) is 31.1 Å². The molecule has 5 rings (SSSR count). The minimum atomic E-state index is -5.84. The summed E-state index contributed by atoms with van der Waals surface area (Å²) in [5, 5.41) is 2.75. The smallest absolute Gasteiger partial charge is 0.356 e. The van der Waals surface area contributed by atoms with Crippen LogP contribution in [0.4, 0.5) is 68.7 Å². The van der Waals surface area contributed by atoms with Crippen molar-refractivity contribution in [3.05, 3.63) is 53.5 Å². The predicted octanol–water partition coefficient (Wildman–Crippen LogP) is 5.12. The van der Waals surface area contributed by atoms with Gasteiger partial charge in [-0.2, -0.15) is 77.9 Å². The second-order valence-corrected chi connectivity index (χ2v) is 16.7. The van der Waals surface area contributed by atoms with Crippen LogP contribution in [0.1, 0.15) is 35.7 Å². The molecule has 4 heterocycles. The Kier molecular flexibility index (Phi) is 16.7. The zero-order valence-corrected chi connectivity index (χ0v) is 32.9. The van der Waals surface area contributed by atoms with E-state index in [4.69, 9.17) is 43.9 Å². The van der Waals surface area contributed by atoms with Crippen molar-refractivity contribution in [1.82, 2.24) is 24.4 Å². The van der Waals surface area contributed by atoms with Gasteiger partial charge in [-0.05, 0) is 45.1 Å². The molecule has 1 saturated heterocycles. The number of anilines is 2. The lowest BCUT2D eigenvalue weighted by Gasteiger charge is -2.33. The topological polar surface area (TPSA) is 242 Å². The molecule has 2 aliphatic heterocycles. The maximum absolute atomic E-state index is 13.9. The quantitative estimate of drug-likeness (QED) is 0.142. The molecule has 0 atom stereocenters. The summed E-state index contributed by atoms with van der Waals surface area (Å²) in [7, 11) is -13.6. The standard InChI is InChI=1S/C25H27F4N7O.3CHF3O3S/c1-34(2)9-10-36-13-20(16-3-4-19(26)18(11-16)25(27,28)29)32-23(36)15-5-7-35(8-6-15)24-17-12-21(37)33-22(17)30-14-31-24;3*2-1(3,4)8(5,6)7/h3-4,11,13-15H,5-10,12H2,1-2H3,(H,30,31,33,37);3*(H,5,6,7). The van der Waals surface area contributed by atoms with Gasteiger partial charge >= 0.3 is 53.1 Å². The van der Waals surface area contributed by atoms with Gasteiger partial charge in [-0.3, -0.25) is 18.5 Å². The van der Waals surface area contributed by atoms with Gasteiger partial charge in [0.15, 0.2) is 0 Å². The highest BCUT2D eigenvalue weighted by Gasteiger charge is 2.46. The number of nitrogens with zero attached hydrogens (tertiary/aromatic N) is 6. The van der Waals surface area contributed by atoms with E-state index in [9.17, 15) is 61.9 Å². The summed E-state index contributed by atoms with van der Waals surface area (Å²) in [6.45, 7) is 2.73. The van der Waals surface area contributed by atoms with E-state index in [-0.39, 0.29) is 23.8 Å². The maximum atomic E-state index is 13.9. The first-order valence-corrected chi connectivity index (χ1v) is 20.3. The number of piperidine rings is 1. The van der Waals surface area contributed by atoms with E-state index in [0.717, 1.165) is 48.7 Å². The summed E-state index contributed by atoms with van der Waals surface area (Å²) in [5.74, 6) is 0.798.